The SMILES string of the molecule is O=C1SCC[C@H](C=C[C@@H](O)C(F)(F)c2ccccc2)N1CCCCCCc1nn[nH]n1. The van der Waals surface area contributed by atoms with E-state index in [-0.39, 0.29) is 16.8 Å². The molecule has 2 atom stereocenters. The fourth-order valence-corrected chi connectivity index (χ4v) is 4.42. The molecule has 0 unspecified atom stereocenters. The van der Waals surface area contributed by atoms with Crippen molar-refractivity contribution in [1.29, 1.82) is 0 Å². The molecular weight excluding hydrogens is 424 g/mol. The summed E-state index contributed by atoms with van der Waals surface area (Å²) in [5.41, 5.74) is -0.236. The standard InChI is InChI=1S/C21H27F2N5O2S/c22-21(23,16-8-4-3-5-9-16)18(29)12-11-17-13-15-31-20(30)28(17)14-7-2-1-6-10-19-24-26-27-25-19/h3-5,8-9,11-12,17-18,29H,1-2,6-7,10,13-15H2,(H,24,25,26,27)/t17-,18+/m0/s1. The second-order valence-corrected chi connectivity index (χ2v) is 8.52. The van der Waals surface area contributed by atoms with Crippen LogP contribution in [0, 0.1) is 0 Å². The quantitative estimate of drug-likeness (QED) is 0.397. The number of tetrazole rings is 1. The van der Waals surface area contributed by atoms with Crippen molar-refractivity contribution in [2.75, 3.05) is 12.3 Å². The molecule has 0 saturated carbocycles. The number of rotatable bonds is 11. The van der Waals surface area contributed by atoms with Crippen LogP contribution in [0.3, 0.4) is 0 Å². The van der Waals surface area contributed by atoms with E-state index in [1.165, 1.54) is 36.0 Å². The Hall–Kier alpha value is -2.33. The molecule has 1 amide bonds. The van der Waals surface area contributed by atoms with Gasteiger partial charge in [0.25, 0.3) is 5.24 Å². The second kappa shape index (κ2) is 11.3. The Labute approximate surface area is 184 Å². The van der Waals surface area contributed by atoms with Gasteiger partial charge in [0, 0.05) is 24.3 Å². The fourth-order valence-electron chi connectivity index (χ4n) is 3.49. The number of aromatic amines is 1. The predicted octanol–water partition coefficient (Wildman–Crippen LogP) is 3.94. The highest BCUT2D eigenvalue weighted by atomic mass is 32.2. The van der Waals surface area contributed by atoms with Crippen molar-refractivity contribution >= 4 is 17.0 Å². The Bertz CT molecular complexity index is 836. The molecule has 0 bridgehead atoms. The molecule has 1 aliphatic rings. The van der Waals surface area contributed by atoms with Crippen LogP contribution in [-0.2, 0) is 12.3 Å². The van der Waals surface area contributed by atoms with Gasteiger partial charge in [-0.05, 0) is 19.3 Å². The smallest absolute Gasteiger partial charge is 0.302 e. The number of alkyl halides is 2. The zero-order valence-electron chi connectivity index (χ0n) is 17.2. The van der Waals surface area contributed by atoms with Gasteiger partial charge in [0.05, 0.1) is 6.04 Å². The van der Waals surface area contributed by atoms with Gasteiger partial charge in [-0.3, -0.25) is 4.79 Å². The molecule has 3 rings (SSSR count). The van der Waals surface area contributed by atoms with E-state index in [4.69, 9.17) is 0 Å². The van der Waals surface area contributed by atoms with Gasteiger partial charge in [-0.15, -0.1) is 10.2 Å². The van der Waals surface area contributed by atoms with E-state index >= 15 is 0 Å². The molecule has 10 heteroatoms. The summed E-state index contributed by atoms with van der Waals surface area (Å²) >= 11 is 1.25. The number of hydrogen-bond donors (Lipinski definition) is 2. The Morgan fingerprint density at radius 3 is 2.77 bits per heavy atom. The zero-order valence-corrected chi connectivity index (χ0v) is 18.0. The van der Waals surface area contributed by atoms with Gasteiger partial charge in [-0.2, -0.15) is 14.0 Å². The maximum absolute atomic E-state index is 14.5. The molecule has 1 aromatic carbocycles. The number of aryl methyl sites for hydroxylation is 1. The lowest BCUT2D eigenvalue weighted by Crippen LogP contribution is -2.41. The van der Waals surface area contributed by atoms with E-state index in [2.05, 4.69) is 20.6 Å². The summed E-state index contributed by atoms with van der Waals surface area (Å²) < 4.78 is 29.0. The number of amides is 1. The Morgan fingerprint density at radius 1 is 1.26 bits per heavy atom. The molecule has 0 radical (unpaired) electrons. The first-order chi connectivity index (χ1) is 15.0. The third kappa shape index (κ3) is 6.57. The van der Waals surface area contributed by atoms with Gasteiger partial charge in [0.15, 0.2) is 5.82 Å². The van der Waals surface area contributed by atoms with Crippen LogP contribution in [0.5, 0.6) is 0 Å². The highest BCUT2D eigenvalue weighted by Crippen LogP contribution is 2.33. The minimum Gasteiger partial charge on any atom is -0.382 e. The number of H-pyrrole nitrogens is 1. The van der Waals surface area contributed by atoms with E-state index < -0.39 is 12.0 Å². The number of aliphatic hydroxyl groups is 1. The maximum atomic E-state index is 14.5. The molecular formula is C21H27F2N5O2S. The molecule has 2 N–H and O–H groups in total. The van der Waals surface area contributed by atoms with E-state index in [1.54, 1.807) is 17.0 Å². The number of nitrogens with zero attached hydrogens (tertiary/aromatic N) is 4. The number of benzene rings is 1. The van der Waals surface area contributed by atoms with Crippen molar-refractivity contribution in [3.63, 3.8) is 0 Å². The third-order valence-electron chi connectivity index (χ3n) is 5.26. The molecule has 1 aliphatic heterocycles. The lowest BCUT2D eigenvalue weighted by molar-refractivity contribution is -0.0929. The van der Waals surface area contributed by atoms with Crippen molar-refractivity contribution in [3.05, 3.63) is 53.9 Å². The minimum atomic E-state index is -3.39. The topological polar surface area (TPSA) is 95.0 Å². The van der Waals surface area contributed by atoms with Gasteiger partial charge in [-0.1, -0.05) is 72.3 Å². The van der Waals surface area contributed by atoms with Crippen molar-refractivity contribution in [2.24, 2.45) is 0 Å². The first-order valence-corrected chi connectivity index (χ1v) is 11.4. The number of hydrogen-bond acceptors (Lipinski definition) is 6. The number of thioether (sulfide) groups is 1. The van der Waals surface area contributed by atoms with Crippen LogP contribution in [0.15, 0.2) is 42.5 Å². The normalized spacial score (nSPS) is 18.6. The van der Waals surface area contributed by atoms with Crippen molar-refractivity contribution in [2.45, 2.75) is 56.6 Å². The van der Waals surface area contributed by atoms with Crippen molar-refractivity contribution < 1.29 is 18.7 Å². The summed E-state index contributed by atoms with van der Waals surface area (Å²) in [6, 6.07) is 6.98. The monoisotopic (exact) mass is 451 g/mol. The lowest BCUT2D eigenvalue weighted by Gasteiger charge is -2.33. The van der Waals surface area contributed by atoms with Crippen LogP contribution in [0.4, 0.5) is 13.6 Å². The molecule has 1 fully saturated rings. The Balaban J connectivity index is 1.49. The molecule has 168 valence electrons. The molecule has 2 aromatic rings. The van der Waals surface area contributed by atoms with Crippen LogP contribution in [-0.4, -0.2) is 60.3 Å². The number of halogens is 2. The molecule has 1 aromatic heterocycles. The molecule has 7 nitrogen and oxygen atoms in total. The number of carbonyl (C=O) groups excluding carboxylic acids is 1. The fraction of sp³-hybridized carbons (Fsp3) is 0.524. The predicted molar refractivity (Wildman–Crippen MR) is 115 cm³/mol. The molecule has 0 aliphatic carbocycles. The van der Waals surface area contributed by atoms with Gasteiger partial charge in [0.1, 0.15) is 6.10 Å². The van der Waals surface area contributed by atoms with Crippen LogP contribution < -0.4 is 0 Å². The Morgan fingerprint density at radius 2 is 2.03 bits per heavy atom. The summed E-state index contributed by atoms with van der Waals surface area (Å²) in [6.45, 7) is 0.564. The summed E-state index contributed by atoms with van der Waals surface area (Å²) in [4.78, 5) is 14.1. The van der Waals surface area contributed by atoms with Crippen LogP contribution in [0.25, 0.3) is 0 Å². The van der Waals surface area contributed by atoms with Gasteiger partial charge < -0.3 is 10.0 Å². The molecule has 0 spiro atoms. The zero-order chi connectivity index (χ0) is 22.1. The summed E-state index contributed by atoms with van der Waals surface area (Å²) in [7, 11) is 0. The Kier molecular flexibility index (Phi) is 8.53. The number of carbonyl (C=O) groups is 1. The average Bonchev–Trinajstić information content (AvgIpc) is 3.29. The lowest BCUT2D eigenvalue weighted by atomic mass is 10.0. The summed E-state index contributed by atoms with van der Waals surface area (Å²) in [6.07, 6.45) is 5.84. The summed E-state index contributed by atoms with van der Waals surface area (Å²) in [5, 5.41) is 23.8. The maximum Gasteiger partial charge on any atom is 0.302 e. The molecule has 31 heavy (non-hydrogen) atoms. The van der Waals surface area contributed by atoms with Gasteiger partial charge in [-0.25, -0.2) is 0 Å². The van der Waals surface area contributed by atoms with Gasteiger partial charge in [0.2, 0.25) is 0 Å². The van der Waals surface area contributed by atoms with Gasteiger partial charge >= 0.3 is 5.92 Å². The first-order valence-electron chi connectivity index (χ1n) is 10.4. The highest BCUT2D eigenvalue weighted by molar-refractivity contribution is 8.13. The third-order valence-corrected chi connectivity index (χ3v) is 6.18. The second-order valence-electron chi connectivity index (χ2n) is 7.47. The van der Waals surface area contributed by atoms with Crippen LogP contribution in [0.2, 0.25) is 0 Å². The van der Waals surface area contributed by atoms with Crippen LogP contribution in [0.1, 0.15) is 43.5 Å². The number of nitrogens with one attached hydrogen (secondary N) is 1. The first kappa shape index (κ1) is 23.3. The van der Waals surface area contributed by atoms with Crippen molar-refractivity contribution in [1.82, 2.24) is 25.5 Å². The van der Waals surface area contributed by atoms with E-state index in [0.717, 1.165) is 38.2 Å². The van der Waals surface area contributed by atoms with Crippen LogP contribution >= 0.6 is 11.8 Å². The molecule has 1 saturated heterocycles. The molecule has 2 heterocycles. The van der Waals surface area contributed by atoms with Crippen molar-refractivity contribution in [3.8, 4) is 0 Å². The largest absolute Gasteiger partial charge is 0.382 e. The average molecular weight is 452 g/mol. The summed E-state index contributed by atoms with van der Waals surface area (Å²) in [5.74, 6) is -2.06. The highest BCUT2D eigenvalue weighted by Gasteiger charge is 2.39. The van der Waals surface area contributed by atoms with E-state index in [1.807, 2.05) is 0 Å². The van der Waals surface area contributed by atoms with E-state index in [9.17, 15) is 18.7 Å². The number of aliphatic hydroxyl groups excluding tert-OH is 1. The van der Waals surface area contributed by atoms with E-state index in [0.29, 0.717) is 24.5 Å². The number of unbranched alkanes of at least 4 members (excludes halogenated alkanes) is 3. The number of aromatic nitrogens is 4. The minimum absolute atomic E-state index is 0.0444.